The van der Waals surface area contributed by atoms with Crippen LogP contribution in [0.2, 0.25) is 0 Å². The number of carbonyl (C=O) groups is 3. The van der Waals surface area contributed by atoms with Gasteiger partial charge in [-0.15, -0.1) is 0 Å². The minimum Gasteiger partial charge on any atom is -0.461 e. The highest BCUT2D eigenvalue weighted by Gasteiger charge is 2.31. The Kier molecular flexibility index (Phi) is 8.80. The topological polar surface area (TPSA) is 97.4 Å². The summed E-state index contributed by atoms with van der Waals surface area (Å²) in [5.74, 6) is 0.543. The molecule has 2 aromatic carbocycles. The summed E-state index contributed by atoms with van der Waals surface area (Å²) in [6.07, 6.45) is 2.44. The number of ether oxygens (including phenoxy) is 3. The predicted octanol–water partition coefficient (Wildman–Crippen LogP) is 3.75. The maximum absolute atomic E-state index is 12.9. The Balaban J connectivity index is 1.23. The third-order valence-electron chi connectivity index (χ3n) is 5.53. The fraction of sp³-hybridized carbons (Fsp3) is 0.308. The second-order valence-electron chi connectivity index (χ2n) is 8.61. The Bertz CT molecular complexity index is 1230. The molecule has 0 bridgehead atoms. The third kappa shape index (κ3) is 7.09. The number of thiocarbonyl (C=S) groups is 1. The van der Waals surface area contributed by atoms with Crippen molar-refractivity contribution < 1.29 is 28.6 Å². The maximum Gasteiger partial charge on any atom is 0.338 e. The standard InChI is InChI=1S/C26H27N3O6S2/c1-28(2)12-13-33-25(32)18-6-8-19(9-7-18)27-23(30)4-3-11-29-24(31)22(37-26(29)36)15-17-5-10-20-21(14-17)35-16-34-20/h5-10,14-15H,3-4,11-13,16H2,1-2H3,(H,27,30)/b22-15-. The van der Waals surface area contributed by atoms with Gasteiger partial charge in [0.2, 0.25) is 12.7 Å². The number of carbonyl (C=O) groups excluding carboxylic acids is 3. The zero-order chi connectivity index (χ0) is 26.4. The minimum atomic E-state index is -0.407. The van der Waals surface area contributed by atoms with Crippen molar-refractivity contribution in [3.63, 3.8) is 0 Å². The number of likely N-dealkylation sites (N-methyl/N-ethyl adjacent to an activating group) is 1. The molecular weight excluding hydrogens is 514 g/mol. The van der Waals surface area contributed by atoms with Crippen LogP contribution in [0.4, 0.5) is 5.69 Å². The van der Waals surface area contributed by atoms with Gasteiger partial charge in [-0.05, 0) is 68.6 Å². The van der Waals surface area contributed by atoms with Crippen LogP contribution in [0.1, 0.15) is 28.8 Å². The van der Waals surface area contributed by atoms with Gasteiger partial charge in [0.25, 0.3) is 5.91 Å². The monoisotopic (exact) mass is 541 g/mol. The van der Waals surface area contributed by atoms with Crippen molar-refractivity contribution in [3.8, 4) is 11.5 Å². The molecule has 194 valence electrons. The molecule has 4 rings (SSSR count). The molecule has 0 radical (unpaired) electrons. The van der Waals surface area contributed by atoms with Gasteiger partial charge in [-0.1, -0.05) is 30.0 Å². The van der Waals surface area contributed by atoms with Crippen LogP contribution in [0.3, 0.4) is 0 Å². The summed E-state index contributed by atoms with van der Waals surface area (Å²) in [7, 11) is 3.80. The van der Waals surface area contributed by atoms with Gasteiger partial charge in [0.15, 0.2) is 11.5 Å². The first-order chi connectivity index (χ1) is 17.8. The number of hydrogen-bond acceptors (Lipinski definition) is 9. The number of nitrogens with zero attached hydrogens (tertiary/aromatic N) is 2. The number of nitrogens with one attached hydrogen (secondary N) is 1. The fourth-order valence-electron chi connectivity index (χ4n) is 3.56. The molecule has 0 atom stereocenters. The molecule has 1 fully saturated rings. The molecule has 0 aromatic heterocycles. The molecule has 0 spiro atoms. The van der Waals surface area contributed by atoms with Crippen molar-refractivity contribution in [1.82, 2.24) is 9.80 Å². The van der Waals surface area contributed by atoms with Gasteiger partial charge in [-0.2, -0.15) is 0 Å². The highest BCUT2D eigenvalue weighted by Crippen LogP contribution is 2.36. The number of esters is 1. The van der Waals surface area contributed by atoms with E-state index in [9.17, 15) is 14.4 Å². The number of rotatable bonds is 10. The first-order valence-electron chi connectivity index (χ1n) is 11.7. The average molecular weight is 542 g/mol. The van der Waals surface area contributed by atoms with Crippen LogP contribution >= 0.6 is 24.0 Å². The summed E-state index contributed by atoms with van der Waals surface area (Å²) >= 11 is 6.63. The van der Waals surface area contributed by atoms with Gasteiger partial charge in [-0.25, -0.2) is 4.79 Å². The average Bonchev–Trinajstić information content (AvgIpc) is 3.43. The molecular formula is C26H27N3O6S2. The van der Waals surface area contributed by atoms with E-state index < -0.39 is 5.97 Å². The normalized spacial score (nSPS) is 15.5. The highest BCUT2D eigenvalue weighted by molar-refractivity contribution is 8.26. The molecule has 2 aliphatic heterocycles. The molecule has 2 aliphatic rings. The fourth-order valence-corrected chi connectivity index (χ4v) is 4.87. The molecule has 1 N–H and O–H groups in total. The summed E-state index contributed by atoms with van der Waals surface area (Å²) in [6, 6.07) is 12.0. The number of amides is 2. The molecule has 2 aromatic rings. The largest absolute Gasteiger partial charge is 0.461 e. The molecule has 2 heterocycles. The van der Waals surface area contributed by atoms with Gasteiger partial charge >= 0.3 is 5.97 Å². The lowest BCUT2D eigenvalue weighted by Gasteiger charge is -2.14. The summed E-state index contributed by atoms with van der Waals surface area (Å²) in [4.78, 5) is 41.3. The lowest BCUT2D eigenvalue weighted by atomic mass is 10.2. The van der Waals surface area contributed by atoms with Gasteiger partial charge < -0.3 is 24.4 Å². The number of anilines is 1. The van der Waals surface area contributed by atoms with Crippen molar-refractivity contribution in [2.45, 2.75) is 12.8 Å². The van der Waals surface area contributed by atoms with Crippen molar-refractivity contribution in [2.75, 3.05) is 45.9 Å². The quantitative estimate of drug-likeness (QED) is 0.274. The maximum atomic E-state index is 12.9. The van der Waals surface area contributed by atoms with Gasteiger partial charge in [-0.3, -0.25) is 14.5 Å². The summed E-state index contributed by atoms with van der Waals surface area (Å²) in [5.41, 5.74) is 1.81. The summed E-state index contributed by atoms with van der Waals surface area (Å²) in [6.45, 7) is 1.48. The van der Waals surface area contributed by atoms with Crippen LogP contribution in [0.15, 0.2) is 47.4 Å². The molecule has 0 saturated carbocycles. The Morgan fingerprint density at radius 2 is 1.92 bits per heavy atom. The van der Waals surface area contributed by atoms with Crippen LogP contribution in [-0.4, -0.2) is 72.5 Å². The van der Waals surface area contributed by atoms with Crippen LogP contribution in [0, 0.1) is 0 Å². The molecule has 9 nitrogen and oxygen atoms in total. The lowest BCUT2D eigenvalue weighted by Crippen LogP contribution is -2.29. The highest BCUT2D eigenvalue weighted by atomic mass is 32.2. The van der Waals surface area contributed by atoms with E-state index >= 15 is 0 Å². The van der Waals surface area contributed by atoms with E-state index in [-0.39, 0.29) is 25.0 Å². The Morgan fingerprint density at radius 3 is 2.68 bits per heavy atom. The van der Waals surface area contributed by atoms with E-state index in [1.165, 1.54) is 16.7 Å². The molecule has 11 heteroatoms. The van der Waals surface area contributed by atoms with E-state index in [0.29, 0.717) is 58.1 Å². The Morgan fingerprint density at radius 1 is 1.16 bits per heavy atom. The number of fused-ring (bicyclic) bond motifs is 1. The number of thioether (sulfide) groups is 1. The molecule has 2 amide bonds. The first kappa shape index (κ1) is 26.6. The van der Waals surface area contributed by atoms with Gasteiger partial charge in [0.1, 0.15) is 10.9 Å². The second kappa shape index (κ2) is 12.2. The van der Waals surface area contributed by atoms with Crippen molar-refractivity contribution in [3.05, 3.63) is 58.5 Å². The lowest BCUT2D eigenvalue weighted by molar-refractivity contribution is -0.122. The van der Waals surface area contributed by atoms with E-state index in [4.69, 9.17) is 26.4 Å². The van der Waals surface area contributed by atoms with Crippen molar-refractivity contribution in [2.24, 2.45) is 0 Å². The third-order valence-corrected chi connectivity index (χ3v) is 6.91. The van der Waals surface area contributed by atoms with E-state index in [1.54, 1.807) is 36.4 Å². The Hall–Kier alpha value is -3.41. The van der Waals surface area contributed by atoms with E-state index in [2.05, 4.69) is 5.32 Å². The van der Waals surface area contributed by atoms with E-state index in [1.807, 2.05) is 31.1 Å². The number of hydrogen-bond donors (Lipinski definition) is 1. The smallest absolute Gasteiger partial charge is 0.338 e. The van der Waals surface area contributed by atoms with E-state index in [0.717, 1.165) is 5.56 Å². The van der Waals surface area contributed by atoms with Crippen molar-refractivity contribution in [1.29, 1.82) is 0 Å². The second-order valence-corrected chi connectivity index (χ2v) is 10.3. The summed E-state index contributed by atoms with van der Waals surface area (Å²) in [5, 5.41) is 2.80. The number of benzene rings is 2. The Labute approximate surface area is 224 Å². The zero-order valence-corrected chi connectivity index (χ0v) is 22.2. The van der Waals surface area contributed by atoms with Gasteiger partial charge in [0, 0.05) is 25.2 Å². The predicted molar refractivity (Wildman–Crippen MR) is 146 cm³/mol. The molecule has 1 saturated heterocycles. The SMILES string of the molecule is CN(C)CCOC(=O)c1ccc(NC(=O)CCCN2C(=O)/C(=C/c3ccc4c(c3)OCO4)SC2=S)cc1. The molecule has 0 aliphatic carbocycles. The minimum absolute atomic E-state index is 0.180. The van der Waals surface area contributed by atoms with Crippen LogP contribution in [0.25, 0.3) is 6.08 Å². The van der Waals surface area contributed by atoms with Crippen molar-refractivity contribution >= 4 is 57.8 Å². The van der Waals surface area contributed by atoms with Crippen LogP contribution in [-0.2, 0) is 14.3 Å². The van der Waals surface area contributed by atoms with Crippen LogP contribution < -0.4 is 14.8 Å². The first-order valence-corrected chi connectivity index (χ1v) is 12.9. The van der Waals surface area contributed by atoms with Crippen LogP contribution in [0.5, 0.6) is 11.5 Å². The zero-order valence-electron chi connectivity index (χ0n) is 20.5. The summed E-state index contributed by atoms with van der Waals surface area (Å²) < 4.78 is 16.4. The molecule has 0 unspecified atom stereocenters. The molecule has 37 heavy (non-hydrogen) atoms. The van der Waals surface area contributed by atoms with Gasteiger partial charge in [0.05, 0.1) is 10.5 Å².